The molecule has 10 heteroatoms. The van der Waals surface area contributed by atoms with Crippen molar-refractivity contribution in [3.63, 3.8) is 0 Å². The van der Waals surface area contributed by atoms with E-state index >= 15 is 0 Å². The van der Waals surface area contributed by atoms with Crippen molar-refractivity contribution in [2.45, 2.75) is 47.7 Å². The minimum Gasteiger partial charge on any atom is -0.495 e. The molecule has 3 fully saturated rings. The fraction of sp³-hybridized carbons (Fsp3) is 0.464. The predicted octanol–water partition coefficient (Wildman–Crippen LogP) is 2.56. The first kappa shape index (κ1) is 27.0. The summed E-state index contributed by atoms with van der Waals surface area (Å²) in [6.07, 6.45) is 6.91. The molecule has 1 amide bonds. The second-order valence-corrected chi connectivity index (χ2v) is 11.4. The molecule has 4 N–H and O–H groups in total. The largest absolute Gasteiger partial charge is 0.495 e. The molecule has 1 aliphatic carbocycles. The maximum Gasteiger partial charge on any atom is 0.253 e. The average Bonchev–Trinajstić information content (AvgIpc) is 3.65. The van der Waals surface area contributed by atoms with Gasteiger partial charge in [0.05, 0.1) is 20.3 Å². The van der Waals surface area contributed by atoms with Crippen molar-refractivity contribution in [1.29, 1.82) is 0 Å². The number of alkyl halides is 1. The quantitative estimate of drug-likeness (QED) is 0.256. The summed E-state index contributed by atoms with van der Waals surface area (Å²) in [5.74, 6) is 13.4. The number of carbonyl (C=O) groups is 1. The molecule has 3 unspecified atom stereocenters. The SMILES string of the molecule is COC1=CN(C)C(Cl)C=C1c1cc(C#CC2(O)CCOCC2)ccc1C(=O)NC1NNC(C#CC2CC2)S1. The van der Waals surface area contributed by atoms with Crippen LogP contribution >= 0.6 is 23.4 Å². The number of thioether (sulfide) groups is 1. The number of benzene rings is 1. The third kappa shape index (κ3) is 6.50. The number of nitrogens with one attached hydrogen (secondary N) is 3. The van der Waals surface area contributed by atoms with Crippen LogP contribution in [0.3, 0.4) is 0 Å². The molecule has 0 bridgehead atoms. The van der Waals surface area contributed by atoms with Crippen molar-refractivity contribution < 1.29 is 19.4 Å². The summed E-state index contributed by atoms with van der Waals surface area (Å²) in [5.41, 5.74) is 6.83. The van der Waals surface area contributed by atoms with Gasteiger partial charge in [-0.05, 0) is 42.7 Å². The van der Waals surface area contributed by atoms with E-state index in [1.54, 1.807) is 25.4 Å². The Morgan fingerprint density at radius 1 is 1.29 bits per heavy atom. The van der Waals surface area contributed by atoms with E-state index in [0.717, 1.165) is 0 Å². The number of amides is 1. The van der Waals surface area contributed by atoms with Gasteiger partial charge >= 0.3 is 0 Å². The van der Waals surface area contributed by atoms with Gasteiger partial charge in [0.2, 0.25) is 0 Å². The molecule has 2 saturated heterocycles. The van der Waals surface area contributed by atoms with Crippen LogP contribution in [0.5, 0.6) is 0 Å². The summed E-state index contributed by atoms with van der Waals surface area (Å²) in [5, 5.41) is 13.7. The van der Waals surface area contributed by atoms with Crippen LogP contribution in [0, 0.1) is 29.6 Å². The highest BCUT2D eigenvalue weighted by Crippen LogP contribution is 2.33. The Balaban J connectivity index is 1.42. The van der Waals surface area contributed by atoms with Gasteiger partial charge in [-0.1, -0.05) is 47.0 Å². The Hall–Kier alpha value is -2.63. The molecular formula is C28H31ClN4O4S. The number of halogens is 1. The van der Waals surface area contributed by atoms with E-state index in [-0.39, 0.29) is 16.8 Å². The Morgan fingerprint density at radius 2 is 2.08 bits per heavy atom. The fourth-order valence-electron chi connectivity index (χ4n) is 4.23. The second kappa shape index (κ2) is 11.6. The van der Waals surface area contributed by atoms with Gasteiger partial charge in [-0.25, -0.2) is 10.9 Å². The van der Waals surface area contributed by atoms with E-state index in [0.29, 0.717) is 60.0 Å². The third-order valence-electron chi connectivity index (χ3n) is 6.69. The maximum absolute atomic E-state index is 13.5. The molecule has 38 heavy (non-hydrogen) atoms. The number of carbonyl (C=O) groups excluding carboxylic acids is 1. The number of hydrogen-bond acceptors (Lipinski definition) is 8. The Morgan fingerprint density at radius 3 is 2.82 bits per heavy atom. The number of rotatable bonds is 4. The van der Waals surface area contributed by atoms with Crippen molar-refractivity contribution in [3.05, 3.63) is 52.9 Å². The molecule has 8 nitrogen and oxygen atoms in total. The topological polar surface area (TPSA) is 95.1 Å². The molecule has 5 rings (SSSR count). The third-order valence-corrected chi connectivity index (χ3v) is 8.14. The first-order valence-electron chi connectivity index (χ1n) is 12.6. The zero-order chi connectivity index (χ0) is 26.7. The summed E-state index contributed by atoms with van der Waals surface area (Å²) < 4.78 is 11.0. The van der Waals surface area contributed by atoms with Gasteiger partial charge in [-0.2, -0.15) is 0 Å². The molecule has 1 aromatic carbocycles. The number of aliphatic hydroxyl groups is 1. The van der Waals surface area contributed by atoms with E-state index in [1.807, 2.05) is 24.1 Å². The van der Waals surface area contributed by atoms with Crippen LogP contribution in [0.15, 0.2) is 36.2 Å². The standard InChI is InChI=1S/C28H31ClN4O4S/c1-33-17-23(36-2)22(16-24(33)29)21-15-19(9-10-28(35)11-13-37-14-12-28)5-7-20(21)26(34)30-27-32-31-25(38-27)8-6-18-3-4-18/h5,7,15-18,24-25,27,31-32,35H,3-4,11-14H2,1-2H3,(H,30,34). The average molecular weight is 555 g/mol. The van der Waals surface area contributed by atoms with Gasteiger partial charge in [0.15, 0.2) is 0 Å². The second-order valence-electron chi connectivity index (χ2n) is 9.69. The molecule has 0 spiro atoms. The van der Waals surface area contributed by atoms with Crippen LogP contribution < -0.4 is 16.2 Å². The smallest absolute Gasteiger partial charge is 0.253 e. The first-order chi connectivity index (χ1) is 18.3. The van der Waals surface area contributed by atoms with Gasteiger partial charge < -0.3 is 24.8 Å². The van der Waals surface area contributed by atoms with Gasteiger partial charge in [0.25, 0.3) is 5.91 Å². The molecule has 0 aromatic heterocycles. The van der Waals surface area contributed by atoms with Crippen LogP contribution in [0.25, 0.3) is 5.57 Å². The van der Waals surface area contributed by atoms with Crippen LogP contribution in [0.1, 0.15) is 47.2 Å². The van der Waals surface area contributed by atoms with E-state index in [9.17, 15) is 9.90 Å². The number of hydrogen-bond donors (Lipinski definition) is 4. The molecular weight excluding hydrogens is 524 g/mol. The molecule has 0 radical (unpaired) electrons. The Bertz CT molecular complexity index is 1270. The summed E-state index contributed by atoms with van der Waals surface area (Å²) in [7, 11) is 3.44. The van der Waals surface area contributed by atoms with Crippen LogP contribution in [-0.4, -0.2) is 65.3 Å². The van der Waals surface area contributed by atoms with E-state index in [2.05, 4.69) is 39.9 Å². The molecule has 200 valence electrons. The van der Waals surface area contributed by atoms with Crippen LogP contribution in [0.4, 0.5) is 0 Å². The molecule has 3 atom stereocenters. The summed E-state index contributed by atoms with van der Waals surface area (Å²) >= 11 is 8.05. The van der Waals surface area contributed by atoms with E-state index in [1.165, 1.54) is 24.6 Å². The van der Waals surface area contributed by atoms with Gasteiger partial charge in [-0.15, -0.1) is 0 Å². The number of allylic oxidation sites excluding steroid dienone is 1. The van der Waals surface area contributed by atoms with Crippen molar-refractivity contribution in [1.82, 2.24) is 21.1 Å². The zero-order valence-electron chi connectivity index (χ0n) is 21.3. The highest BCUT2D eigenvalue weighted by Gasteiger charge is 2.29. The Labute approximate surface area is 232 Å². The first-order valence-corrected chi connectivity index (χ1v) is 14.0. The number of ether oxygens (including phenoxy) is 2. The van der Waals surface area contributed by atoms with Crippen molar-refractivity contribution in [3.8, 4) is 23.7 Å². The fourth-order valence-corrected chi connectivity index (χ4v) is 5.27. The summed E-state index contributed by atoms with van der Waals surface area (Å²) in [4.78, 5) is 15.3. The molecule has 4 aliphatic rings. The maximum atomic E-state index is 13.5. The lowest BCUT2D eigenvalue weighted by molar-refractivity contribution is -0.0262. The minimum absolute atomic E-state index is 0.0920. The van der Waals surface area contributed by atoms with Gasteiger partial charge in [-0.3, -0.25) is 4.79 Å². The number of likely N-dealkylation sites (N-methyl/N-ethyl adjacent to an activating group) is 1. The zero-order valence-corrected chi connectivity index (χ0v) is 22.9. The number of nitrogens with zero attached hydrogens (tertiary/aromatic N) is 1. The van der Waals surface area contributed by atoms with Crippen molar-refractivity contribution in [2.75, 3.05) is 27.4 Å². The number of methoxy groups -OCH3 is 1. The highest BCUT2D eigenvalue weighted by atomic mass is 35.5. The van der Waals surface area contributed by atoms with Crippen LogP contribution in [0.2, 0.25) is 0 Å². The lowest BCUT2D eigenvalue weighted by Crippen LogP contribution is -2.43. The molecule has 1 saturated carbocycles. The van der Waals surface area contributed by atoms with Crippen LogP contribution in [-0.2, 0) is 9.47 Å². The monoisotopic (exact) mass is 554 g/mol. The molecule has 1 aromatic rings. The normalized spacial score (nSPS) is 26.2. The minimum atomic E-state index is -1.09. The number of hydrazine groups is 1. The predicted molar refractivity (Wildman–Crippen MR) is 148 cm³/mol. The van der Waals surface area contributed by atoms with Crippen molar-refractivity contribution in [2.24, 2.45) is 5.92 Å². The highest BCUT2D eigenvalue weighted by molar-refractivity contribution is 8.00. The van der Waals surface area contributed by atoms with Gasteiger partial charge in [0.1, 0.15) is 27.7 Å². The van der Waals surface area contributed by atoms with Gasteiger partial charge in [0, 0.05) is 48.7 Å². The molecule has 3 heterocycles. The lowest BCUT2D eigenvalue weighted by atomic mass is 9.92. The lowest BCUT2D eigenvalue weighted by Gasteiger charge is -2.27. The van der Waals surface area contributed by atoms with Crippen molar-refractivity contribution >= 4 is 34.8 Å². The van der Waals surface area contributed by atoms with E-state index in [4.69, 9.17) is 21.1 Å². The Kier molecular flexibility index (Phi) is 8.25. The van der Waals surface area contributed by atoms with E-state index < -0.39 is 11.1 Å². The summed E-state index contributed by atoms with van der Waals surface area (Å²) in [6.45, 7) is 0.953. The summed E-state index contributed by atoms with van der Waals surface area (Å²) in [6, 6.07) is 5.38. The molecule has 3 aliphatic heterocycles.